The first kappa shape index (κ1) is 17.4. The molecule has 2 rings (SSSR count). The lowest BCUT2D eigenvalue weighted by Gasteiger charge is -2.16. The molecule has 1 amide bonds. The van der Waals surface area contributed by atoms with Crippen LogP contribution in [0, 0.1) is 0 Å². The van der Waals surface area contributed by atoms with E-state index in [1.54, 1.807) is 16.1 Å². The van der Waals surface area contributed by atoms with Crippen molar-refractivity contribution >= 4 is 28.7 Å². The number of likely N-dealkylation sites (N-methyl/N-ethyl adjacent to an activating group) is 1. The van der Waals surface area contributed by atoms with Crippen LogP contribution in [0.3, 0.4) is 0 Å². The number of hydrogen-bond acceptors (Lipinski definition) is 2. The number of amides is 1. The van der Waals surface area contributed by atoms with E-state index in [9.17, 15) is 9.59 Å². The van der Waals surface area contributed by atoms with Crippen molar-refractivity contribution in [3.8, 4) is 0 Å². The van der Waals surface area contributed by atoms with Gasteiger partial charge in [-0.1, -0.05) is 12.1 Å². The highest BCUT2D eigenvalue weighted by Gasteiger charge is 2.15. The molecule has 1 aromatic heterocycles. The molecule has 1 aromatic carbocycles. The number of benzene rings is 1. The van der Waals surface area contributed by atoms with E-state index in [4.69, 9.17) is 16.7 Å². The zero-order valence-corrected chi connectivity index (χ0v) is 14.0. The Hall–Kier alpha value is -1.95. The molecule has 1 N–H and O–H groups in total. The van der Waals surface area contributed by atoms with Gasteiger partial charge in [-0.05, 0) is 31.9 Å². The van der Waals surface area contributed by atoms with Crippen LogP contribution in [0.2, 0.25) is 0 Å². The molecule has 1 heterocycles. The van der Waals surface area contributed by atoms with Crippen molar-refractivity contribution in [2.24, 2.45) is 0 Å². The van der Waals surface area contributed by atoms with Gasteiger partial charge in [-0.3, -0.25) is 9.13 Å². The number of nitrogens with zero attached hydrogens (tertiary/aromatic N) is 3. The summed E-state index contributed by atoms with van der Waals surface area (Å²) >= 11 is 5.71. The van der Waals surface area contributed by atoms with Crippen LogP contribution in [-0.2, 0) is 13.1 Å². The second kappa shape index (κ2) is 8.06. The summed E-state index contributed by atoms with van der Waals surface area (Å²) in [6.07, 6.45) is 0.732. The Morgan fingerprint density at radius 1 is 1.17 bits per heavy atom. The van der Waals surface area contributed by atoms with Crippen molar-refractivity contribution in [1.29, 1.82) is 0 Å². The average molecular weight is 340 g/mol. The quantitative estimate of drug-likeness (QED) is 0.594. The molecule has 2 aromatic rings. The number of alkyl halides is 1. The van der Waals surface area contributed by atoms with Gasteiger partial charge in [-0.2, -0.15) is 0 Å². The Bertz CT molecular complexity index is 723. The molecule has 126 valence electrons. The molecule has 0 aliphatic heterocycles. The number of fused-ring (bicyclic) bond motifs is 1. The Morgan fingerprint density at radius 3 is 2.30 bits per heavy atom. The lowest BCUT2D eigenvalue weighted by molar-refractivity contribution is 0.146. The number of hydrogen-bond donors (Lipinski definition) is 1. The number of aryl methyl sites for hydroxylation is 1. The summed E-state index contributed by atoms with van der Waals surface area (Å²) in [5.41, 5.74) is 1.62. The van der Waals surface area contributed by atoms with Crippen molar-refractivity contribution in [2.45, 2.75) is 32.9 Å². The summed E-state index contributed by atoms with van der Waals surface area (Å²) < 4.78 is 3.40. The molecular formula is C16H22ClN3O3. The van der Waals surface area contributed by atoms with Gasteiger partial charge < -0.3 is 10.0 Å². The summed E-state index contributed by atoms with van der Waals surface area (Å²) in [4.78, 5) is 25.1. The van der Waals surface area contributed by atoms with Gasteiger partial charge in [-0.15, -0.1) is 11.6 Å². The van der Waals surface area contributed by atoms with Crippen LogP contribution in [0.4, 0.5) is 4.79 Å². The number of carboxylic acid groups (broad SMARTS) is 1. The fourth-order valence-electron chi connectivity index (χ4n) is 2.68. The maximum atomic E-state index is 12.7. The summed E-state index contributed by atoms with van der Waals surface area (Å²) in [5.74, 6) is 0.581. The van der Waals surface area contributed by atoms with Gasteiger partial charge in [0.05, 0.1) is 11.0 Å². The molecule has 0 radical (unpaired) electrons. The van der Waals surface area contributed by atoms with E-state index in [0.29, 0.717) is 32.1 Å². The van der Waals surface area contributed by atoms with Gasteiger partial charge in [-0.25, -0.2) is 9.59 Å². The normalized spacial score (nSPS) is 11.0. The van der Waals surface area contributed by atoms with Crippen LogP contribution < -0.4 is 5.69 Å². The van der Waals surface area contributed by atoms with E-state index in [-0.39, 0.29) is 5.69 Å². The summed E-state index contributed by atoms with van der Waals surface area (Å²) in [7, 11) is 0. The van der Waals surface area contributed by atoms with Crippen LogP contribution in [0.15, 0.2) is 29.1 Å². The van der Waals surface area contributed by atoms with Crippen LogP contribution in [0.5, 0.6) is 0 Å². The third kappa shape index (κ3) is 3.88. The maximum absolute atomic E-state index is 12.7. The van der Waals surface area contributed by atoms with E-state index in [1.165, 1.54) is 4.90 Å². The van der Waals surface area contributed by atoms with Crippen molar-refractivity contribution in [1.82, 2.24) is 14.0 Å². The monoisotopic (exact) mass is 339 g/mol. The second-order valence-electron chi connectivity index (χ2n) is 5.33. The number of para-hydroxylation sites is 2. The molecule has 0 unspecified atom stereocenters. The first-order valence-electron chi connectivity index (χ1n) is 7.82. The van der Waals surface area contributed by atoms with E-state index < -0.39 is 6.09 Å². The maximum Gasteiger partial charge on any atom is 0.407 e. The number of halogens is 1. The summed E-state index contributed by atoms with van der Waals surface area (Å²) in [5, 5.41) is 9.10. The minimum atomic E-state index is -0.966. The number of unbranched alkanes of at least 4 members (excludes halogenated alkanes) is 1. The van der Waals surface area contributed by atoms with Crippen molar-refractivity contribution in [3.63, 3.8) is 0 Å². The predicted molar refractivity (Wildman–Crippen MR) is 91.4 cm³/mol. The Kier molecular flexibility index (Phi) is 6.10. The number of rotatable bonds is 8. The fraction of sp³-hybridized carbons (Fsp3) is 0.500. The number of carbonyl (C=O) groups is 1. The van der Waals surface area contributed by atoms with E-state index in [2.05, 4.69) is 0 Å². The van der Waals surface area contributed by atoms with E-state index in [1.807, 2.05) is 24.3 Å². The Morgan fingerprint density at radius 2 is 1.78 bits per heavy atom. The third-order valence-electron chi connectivity index (χ3n) is 3.94. The molecule has 0 atom stereocenters. The van der Waals surface area contributed by atoms with Crippen LogP contribution in [-0.4, -0.2) is 44.2 Å². The van der Waals surface area contributed by atoms with E-state index in [0.717, 1.165) is 23.9 Å². The lowest BCUT2D eigenvalue weighted by Crippen LogP contribution is -2.35. The highest BCUT2D eigenvalue weighted by atomic mass is 35.5. The highest BCUT2D eigenvalue weighted by molar-refractivity contribution is 6.17. The average Bonchev–Trinajstić information content (AvgIpc) is 2.81. The molecule has 0 aliphatic carbocycles. The molecule has 0 bridgehead atoms. The van der Waals surface area contributed by atoms with Crippen LogP contribution >= 0.6 is 11.6 Å². The number of imidazole rings is 1. The number of aromatic nitrogens is 2. The summed E-state index contributed by atoms with van der Waals surface area (Å²) in [6.45, 7) is 3.45. The topological polar surface area (TPSA) is 67.5 Å². The van der Waals surface area contributed by atoms with Crippen molar-refractivity contribution in [2.75, 3.05) is 19.0 Å². The predicted octanol–water partition coefficient (Wildman–Crippen LogP) is 2.82. The molecular weight excluding hydrogens is 318 g/mol. The zero-order valence-electron chi connectivity index (χ0n) is 13.2. The molecule has 6 nitrogen and oxygen atoms in total. The minimum absolute atomic E-state index is 0.0952. The van der Waals surface area contributed by atoms with Gasteiger partial charge in [0, 0.05) is 32.1 Å². The fourth-order valence-corrected chi connectivity index (χ4v) is 2.87. The van der Waals surface area contributed by atoms with E-state index >= 15 is 0 Å². The molecule has 0 saturated carbocycles. The minimum Gasteiger partial charge on any atom is -0.465 e. The smallest absolute Gasteiger partial charge is 0.407 e. The van der Waals surface area contributed by atoms with Crippen LogP contribution in [0.1, 0.15) is 19.8 Å². The lowest BCUT2D eigenvalue weighted by atomic mass is 10.3. The molecule has 0 saturated heterocycles. The SMILES string of the molecule is CCN(CCn1c(=O)n(CCCCCl)c2ccccc21)C(=O)O. The Balaban J connectivity index is 2.30. The van der Waals surface area contributed by atoms with Crippen molar-refractivity contribution < 1.29 is 9.90 Å². The van der Waals surface area contributed by atoms with Crippen LogP contribution in [0.25, 0.3) is 11.0 Å². The molecule has 0 spiro atoms. The van der Waals surface area contributed by atoms with Gasteiger partial charge in [0.15, 0.2) is 0 Å². The first-order valence-corrected chi connectivity index (χ1v) is 8.35. The molecule has 23 heavy (non-hydrogen) atoms. The standard InChI is InChI=1S/C16H22ClN3O3/c1-2-18(16(22)23)11-12-20-14-8-4-3-7-13(14)19(15(20)21)10-6-5-9-17/h3-4,7-8H,2,5-6,9-12H2,1H3,(H,22,23). The van der Waals surface area contributed by atoms with Gasteiger partial charge in [0.1, 0.15) is 0 Å². The highest BCUT2D eigenvalue weighted by Crippen LogP contribution is 2.14. The molecule has 7 heteroatoms. The Labute approximate surface area is 139 Å². The zero-order chi connectivity index (χ0) is 16.8. The third-order valence-corrected chi connectivity index (χ3v) is 4.20. The van der Waals surface area contributed by atoms with Gasteiger partial charge >= 0.3 is 11.8 Å². The van der Waals surface area contributed by atoms with Gasteiger partial charge in [0.2, 0.25) is 0 Å². The first-order chi connectivity index (χ1) is 11.1. The molecule has 0 fully saturated rings. The molecule has 0 aliphatic rings. The van der Waals surface area contributed by atoms with Crippen molar-refractivity contribution in [3.05, 3.63) is 34.7 Å². The summed E-state index contributed by atoms with van der Waals surface area (Å²) in [6, 6.07) is 7.60. The largest absolute Gasteiger partial charge is 0.465 e. The second-order valence-corrected chi connectivity index (χ2v) is 5.71. The van der Waals surface area contributed by atoms with Gasteiger partial charge in [0.25, 0.3) is 0 Å².